The molecule has 14 heavy (non-hydrogen) atoms. The van der Waals surface area contributed by atoms with Gasteiger partial charge in [0.2, 0.25) is 0 Å². The van der Waals surface area contributed by atoms with E-state index in [-0.39, 0.29) is 0 Å². The summed E-state index contributed by atoms with van der Waals surface area (Å²) in [6.07, 6.45) is 5.26. The quantitative estimate of drug-likeness (QED) is 0.831. The molecule has 1 aliphatic heterocycles. The fraction of sp³-hybridized carbons (Fsp3) is 0.700. The van der Waals surface area contributed by atoms with Crippen molar-refractivity contribution < 1.29 is 0 Å². The van der Waals surface area contributed by atoms with Crippen molar-refractivity contribution >= 4 is 17.4 Å². The Labute approximate surface area is 89.3 Å². The van der Waals surface area contributed by atoms with Crippen molar-refractivity contribution in [1.29, 1.82) is 0 Å². The first kappa shape index (κ1) is 9.90. The maximum Gasteiger partial charge on any atom is 0.0728 e. The molecule has 0 bridgehead atoms. The van der Waals surface area contributed by atoms with Crippen LogP contribution in [0, 0.1) is 0 Å². The van der Waals surface area contributed by atoms with Crippen LogP contribution >= 0.6 is 11.8 Å². The molecule has 1 saturated heterocycles. The van der Waals surface area contributed by atoms with Gasteiger partial charge in [-0.05, 0) is 13.3 Å². The molecule has 1 aliphatic rings. The molecule has 0 amide bonds. The molecule has 0 radical (unpaired) electrons. The third kappa shape index (κ3) is 2.23. The molecule has 4 heteroatoms. The van der Waals surface area contributed by atoms with Gasteiger partial charge >= 0.3 is 0 Å². The highest BCUT2D eigenvalue weighted by atomic mass is 32.2. The predicted molar refractivity (Wildman–Crippen MR) is 61.8 cm³/mol. The van der Waals surface area contributed by atoms with Gasteiger partial charge in [-0.1, -0.05) is 6.92 Å². The van der Waals surface area contributed by atoms with Crippen molar-refractivity contribution in [3.05, 3.63) is 12.4 Å². The summed E-state index contributed by atoms with van der Waals surface area (Å²) in [5.74, 6) is 1.22. The Morgan fingerprint density at radius 2 is 2.57 bits per heavy atom. The zero-order valence-corrected chi connectivity index (χ0v) is 9.55. The highest BCUT2D eigenvalue weighted by molar-refractivity contribution is 8.00. The van der Waals surface area contributed by atoms with Crippen LogP contribution in [-0.2, 0) is 6.54 Å². The minimum absolute atomic E-state index is 0.629. The summed E-state index contributed by atoms with van der Waals surface area (Å²) in [5, 5.41) is 8.56. The summed E-state index contributed by atoms with van der Waals surface area (Å²) in [6.45, 7) is 5.34. The van der Waals surface area contributed by atoms with Gasteiger partial charge in [-0.15, -0.1) is 0 Å². The number of thioether (sulfide) groups is 1. The number of hydrogen-bond acceptors (Lipinski definition) is 3. The Kier molecular flexibility index (Phi) is 3.01. The second-order valence-electron chi connectivity index (χ2n) is 3.81. The number of nitrogens with zero attached hydrogens (tertiary/aromatic N) is 2. The Hall–Kier alpha value is -0.640. The second kappa shape index (κ2) is 4.26. The number of hydrogen-bond donors (Lipinski definition) is 1. The molecule has 2 unspecified atom stereocenters. The summed E-state index contributed by atoms with van der Waals surface area (Å²) in [7, 11) is 0. The normalized spacial score (nSPS) is 26.7. The summed E-state index contributed by atoms with van der Waals surface area (Å²) >= 11 is 2.05. The maximum absolute atomic E-state index is 4.24. The Morgan fingerprint density at radius 1 is 1.71 bits per heavy atom. The van der Waals surface area contributed by atoms with Crippen LogP contribution < -0.4 is 5.32 Å². The van der Waals surface area contributed by atoms with Gasteiger partial charge in [0, 0.05) is 29.8 Å². The SMILES string of the molecule is CCn1cc(NC2CSC(C)C2)cn1. The number of aromatic nitrogens is 2. The molecule has 0 aliphatic carbocycles. The lowest BCUT2D eigenvalue weighted by atomic mass is 10.2. The van der Waals surface area contributed by atoms with Gasteiger partial charge in [0.15, 0.2) is 0 Å². The lowest BCUT2D eigenvalue weighted by Gasteiger charge is -2.10. The maximum atomic E-state index is 4.24. The van der Waals surface area contributed by atoms with Crippen LogP contribution in [0.2, 0.25) is 0 Å². The molecule has 2 rings (SSSR count). The van der Waals surface area contributed by atoms with Gasteiger partial charge in [-0.25, -0.2) is 0 Å². The predicted octanol–water partition coefficient (Wildman–Crippen LogP) is 2.21. The molecule has 2 atom stereocenters. The molecule has 1 fully saturated rings. The average molecular weight is 211 g/mol. The van der Waals surface area contributed by atoms with Crippen LogP contribution in [-0.4, -0.2) is 26.8 Å². The highest BCUT2D eigenvalue weighted by Crippen LogP contribution is 2.28. The van der Waals surface area contributed by atoms with Crippen LogP contribution in [0.5, 0.6) is 0 Å². The molecular formula is C10H17N3S. The zero-order chi connectivity index (χ0) is 9.97. The average Bonchev–Trinajstić information content (AvgIpc) is 2.76. The van der Waals surface area contributed by atoms with Gasteiger partial charge < -0.3 is 5.32 Å². The molecule has 1 aromatic rings. The first-order valence-corrected chi connectivity index (χ1v) is 6.23. The van der Waals surface area contributed by atoms with E-state index in [1.807, 2.05) is 22.6 Å². The third-order valence-corrected chi connectivity index (χ3v) is 3.88. The summed E-state index contributed by atoms with van der Waals surface area (Å²) in [6, 6.07) is 0.629. The number of rotatable bonds is 3. The largest absolute Gasteiger partial charge is 0.379 e. The van der Waals surface area contributed by atoms with Gasteiger partial charge in [-0.3, -0.25) is 4.68 Å². The monoisotopic (exact) mass is 211 g/mol. The van der Waals surface area contributed by atoms with E-state index in [1.54, 1.807) is 0 Å². The van der Waals surface area contributed by atoms with E-state index in [9.17, 15) is 0 Å². The van der Waals surface area contributed by atoms with Crippen LogP contribution in [0.25, 0.3) is 0 Å². The lowest BCUT2D eigenvalue weighted by Crippen LogP contribution is -2.18. The van der Waals surface area contributed by atoms with Crippen molar-refractivity contribution in [2.75, 3.05) is 11.1 Å². The van der Waals surface area contributed by atoms with Gasteiger partial charge in [0.1, 0.15) is 0 Å². The molecular weight excluding hydrogens is 194 g/mol. The van der Waals surface area contributed by atoms with E-state index in [0.717, 1.165) is 17.5 Å². The van der Waals surface area contributed by atoms with Gasteiger partial charge in [0.25, 0.3) is 0 Å². The molecule has 2 heterocycles. The molecule has 0 saturated carbocycles. The van der Waals surface area contributed by atoms with E-state index in [4.69, 9.17) is 0 Å². The van der Waals surface area contributed by atoms with Crippen LogP contribution in [0.4, 0.5) is 5.69 Å². The lowest BCUT2D eigenvalue weighted by molar-refractivity contribution is 0.659. The van der Waals surface area contributed by atoms with Crippen LogP contribution in [0.3, 0.4) is 0 Å². The molecule has 1 N–H and O–H groups in total. The standard InChI is InChI=1S/C10H17N3S/c1-3-13-6-10(5-11-13)12-9-4-8(2)14-7-9/h5-6,8-9,12H,3-4,7H2,1-2H3. The topological polar surface area (TPSA) is 29.9 Å². The Bertz CT molecular complexity index is 297. The molecule has 1 aromatic heterocycles. The fourth-order valence-corrected chi connectivity index (χ4v) is 2.91. The Morgan fingerprint density at radius 3 is 3.14 bits per heavy atom. The van der Waals surface area contributed by atoms with Crippen LogP contribution in [0.1, 0.15) is 20.3 Å². The van der Waals surface area contributed by atoms with Gasteiger partial charge in [-0.2, -0.15) is 16.9 Å². The van der Waals surface area contributed by atoms with E-state index < -0.39 is 0 Å². The van der Waals surface area contributed by atoms with Crippen molar-refractivity contribution in [2.24, 2.45) is 0 Å². The van der Waals surface area contributed by atoms with E-state index in [2.05, 4.69) is 30.5 Å². The Balaban J connectivity index is 1.90. The molecule has 0 spiro atoms. The minimum Gasteiger partial charge on any atom is -0.379 e. The van der Waals surface area contributed by atoms with Crippen LogP contribution in [0.15, 0.2) is 12.4 Å². The fourth-order valence-electron chi connectivity index (χ4n) is 1.76. The minimum atomic E-state index is 0.629. The molecule has 0 aromatic carbocycles. The first-order chi connectivity index (χ1) is 6.78. The number of nitrogens with one attached hydrogen (secondary N) is 1. The molecule has 3 nitrogen and oxygen atoms in total. The zero-order valence-electron chi connectivity index (χ0n) is 8.73. The third-order valence-electron chi connectivity index (χ3n) is 2.53. The van der Waals surface area contributed by atoms with Crippen molar-refractivity contribution in [3.63, 3.8) is 0 Å². The highest BCUT2D eigenvalue weighted by Gasteiger charge is 2.21. The number of aryl methyl sites for hydroxylation is 1. The van der Waals surface area contributed by atoms with E-state index >= 15 is 0 Å². The second-order valence-corrected chi connectivity index (χ2v) is 5.28. The van der Waals surface area contributed by atoms with E-state index in [0.29, 0.717) is 6.04 Å². The van der Waals surface area contributed by atoms with Gasteiger partial charge in [0.05, 0.1) is 11.9 Å². The van der Waals surface area contributed by atoms with Crippen molar-refractivity contribution in [2.45, 2.75) is 38.1 Å². The molecule has 78 valence electrons. The van der Waals surface area contributed by atoms with E-state index in [1.165, 1.54) is 12.2 Å². The van der Waals surface area contributed by atoms with Crippen molar-refractivity contribution in [1.82, 2.24) is 9.78 Å². The number of anilines is 1. The smallest absolute Gasteiger partial charge is 0.0728 e. The summed E-state index contributed by atoms with van der Waals surface area (Å²) < 4.78 is 1.95. The summed E-state index contributed by atoms with van der Waals surface area (Å²) in [5.41, 5.74) is 1.16. The first-order valence-electron chi connectivity index (χ1n) is 5.18. The summed E-state index contributed by atoms with van der Waals surface area (Å²) in [4.78, 5) is 0. The van der Waals surface area contributed by atoms with Crippen molar-refractivity contribution in [3.8, 4) is 0 Å².